The molecule has 11 heteroatoms. The number of amides is 3. The Bertz CT molecular complexity index is 1000. The smallest absolute Gasteiger partial charge is 0.308 e. The van der Waals surface area contributed by atoms with Gasteiger partial charge in [-0.2, -0.15) is 0 Å². The molecule has 9 nitrogen and oxygen atoms in total. The third-order valence-electron chi connectivity index (χ3n) is 8.18. The quantitative estimate of drug-likeness (QED) is 0.153. The van der Waals surface area contributed by atoms with Crippen LogP contribution < -0.4 is 10.6 Å². The summed E-state index contributed by atoms with van der Waals surface area (Å²) >= 11 is 12.9. The number of allylic oxidation sites excluding steroid dienone is 1. The molecule has 1 aliphatic heterocycles. The van der Waals surface area contributed by atoms with E-state index in [1.165, 1.54) is 6.42 Å². The Morgan fingerprint density at radius 1 is 1.12 bits per heavy atom. The minimum absolute atomic E-state index is 0.0870. The number of ketones is 1. The first-order valence-corrected chi connectivity index (χ1v) is 15.1. The van der Waals surface area contributed by atoms with Gasteiger partial charge in [0.25, 0.3) is 5.91 Å². The summed E-state index contributed by atoms with van der Waals surface area (Å²) < 4.78 is 4.09. The number of halogens is 2. The number of rotatable bonds is 12. The minimum atomic E-state index is -1.14. The molecular formula is C29H43Cl2N3O6. The van der Waals surface area contributed by atoms with Crippen molar-refractivity contribution in [3.8, 4) is 0 Å². The predicted molar refractivity (Wildman–Crippen MR) is 152 cm³/mol. The summed E-state index contributed by atoms with van der Waals surface area (Å²) in [5.41, 5.74) is -0.662. The maximum atomic E-state index is 13.6. The Labute approximate surface area is 247 Å². The van der Waals surface area contributed by atoms with Crippen molar-refractivity contribution in [2.24, 2.45) is 23.7 Å². The van der Waals surface area contributed by atoms with Gasteiger partial charge in [0.15, 0.2) is 0 Å². The molecule has 3 amide bonds. The Kier molecular flexibility index (Phi) is 10.7. The lowest BCUT2D eigenvalue weighted by molar-refractivity contribution is -0.154. The zero-order valence-electron chi connectivity index (χ0n) is 24.0. The molecule has 0 unspecified atom stereocenters. The number of fused-ring (bicyclic) bond motifs is 1. The standard InChI is InChI=1S/C29H43Cl2N3O6/c1-6-7-13-20(24(36)26(38)32-15-14-21(35)40-28(3,4)5)33-25(37)23-22-19(29(22,30)31)16-34(23)27(39)17(2)18-11-9-8-10-12-18/h6,17-20,22-23H,1,7-16H2,2-5H3,(H,32,38)(H,33,37)/t17-,19-,20-,22-,23-/m0/s1. The molecule has 0 spiro atoms. The van der Waals surface area contributed by atoms with Gasteiger partial charge >= 0.3 is 5.97 Å². The van der Waals surface area contributed by atoms with E-state index in [2.05, 4.69) is 17.2 Å². The average molecular weight is 601 g/mol. The van der Waals surface area contributed by atoms with E-state index >= 15 is 0 Å². The zero-order valence-corrected chi connectivity index (χ0v) is 25.5. The van der Waals surface area contributed by atoms with E-state index in [0.717, 1.165) is 25.7 Å². The van der Waals surface area contributed by atoms with Crippen molar-refractivity contribution in [1.82, 2.24) is 15.5 Å². The molecule has 3 fully saturated rings. The van der Waals surface area contributed by atoms with E-state index in [-0.39, 0.29) is 49.6 Å². The number of esters is 1. The first-order chi connectivity index (χ1) is 18.7. The summed E-state index contributed by atoms with van der Waals surface area (Å²) in [5.74, 6) is -3.57. The Morgan fingerprint density at radius 3 is 2.38 bits per heavy atom. The van der Waals surface area contributed by atoms with Crippen LogP contribution in [-0.4, -0.2) is 69.5 Å². The molecule has 0 aromatic rings. The molecule has 1 heterocycles. The molecule has 0 aromatic heterocycles. The van der Waals surface area contributed by atoms with Crippen LogP contribution in [0.15, 0.2) is 12.7 Å². The number of likely N-dealkylation sites (tertiary alicyclic amines) is 1. The summed E-state index contributed by atoms with van der Waals surface area (Å²) in [4.78, 5) is 66.4. The lowest BCUT2D eigenvalue weighted by atomic mass is 9.80. The number of ether oxygens (including phenoxy) is 1. The van der Waals surface area contributed by atoms with Crippen LogP contribution in [0, 0.1) is 23.7 Å². The molecule has 40 heavy (non-hydrogen) atoms. The van der Waals surface area contributed by atoms with Gasteiger partial charge in [-0.1, -0.05) is 32.3 Å². The summed E-state index contributed by atoms with van der Waals surface area (Å²) in [7, 11) is 0. The second-order valence-electron chi connectivity index (χ2n) is 12.3. The number of nitrogens with zero attached hydrogens (tertiary/aromatic N) is 1. The van der Waals surface area contributed by atoms with Crippen LogP contribution in [-0.2, 0) is 28.7 Å². The van der Waals surface area contributed by atoms with E-state index in [9.17, 15) is 24.0 Å². The van der Waals surface area contributed by atoms with Crippen LogP contribution >= 0.6 is 23.2 Å². The number of piperidine rings is 1. The van der Waals surface area contributed by atoms with Gasteiger partial charge in [-0.25, -0.2) is 0 Å². The lowest BCUT2D eigenvalue weighted by Crippen LogP contribution is -2.56. The average Bonchev–Trinajstić information content (AvgIpc) is 3.22. The Morgan fingerprint density at radius 2 is 1.77 bits per heavy atom. The highest BCUT2D eigenvalue weighted by Crippen LogP contribution is 2.65. The van der Waals surface area contributed by atoms with Crippen molar-refractivity contribution >= 4 is 52.7 Å². The second kappa shape index (κ2) is 13.2. The number of hydrogen-bond acceptors (Lipinski definition) is 6. The largest absolute Gasteiger partial charge is 0.460 e. The molecule has 0 aromatic carbocycles. The van der Waals surface area contributed by atoms with Gasteiger partial charge in [-0.3, -0.25) is 24.0 Å². The van der Waals surface area contributed by atoms with Crippen LogP contribution in [0.5, 0.6) is 0 Å². The van der Waals surface area contributed by atoms with Crippen molar-refractivity contribution in [3.63, 3.8) is 0 Å². The van der Waals surface area contributed by atoms with Crippen molar-refractivity contribution < 1.29 is 28.7 Å². The molecule has 0 radical (unpaired) electrons. The van der Waals surface area contributed by atoms with E-state index in [0.29, 0.717) is 6.42 Å². The molecule has 2 aliphatic carbocycles. The van der Waals surface area contributed by atoms with Crippen LogP contribution in [0.1, 0.15) is 79.1 Å². The molecule has 0 bridgehead atoms. The van der Waals surface area contributed by atoms with Crippen LogP contribution in [0.4, 0.5) is 0 Å². The van der Waals surface area contributed by atoms with E-state index in [1.807, 2.05) is 6.92 Å². The summed E-state index contributed by atoms with van der Waals surface area (Å²) in [5, 5.41) is 5.14. The fraction of sp³-hybridized carbons (Fsp3) is 0.759. The molecule has 2 N–H and O–H groups in total. The van der Waals surface area contributed by atoms with Crippen molar-refractivity contribution in [2.45, 2.75) is 101 Å². The number of Topliss-reactive ketones (excluding diaryl/α,β-unsaturated/α-hetero) is 1. The maximum absolute atomic E-state index is 13.6. The lowest BCUT2D eigenvalue weighted by Gasteiger charge is -2.35. The molecular weight excluding hydrogens is 557 g/mol. The molecule has 1 saturated heterocycles. The Balaban J connectivity index is 1.66. The highest BCUT2D eigenvalue weighted by molar-refractivity contribution is 6.51. The molecule has 5 atom stereocenters. The van der Waals surface area contributed by atoms with Gasteiger partial charge in [0.05, 0.1) is 12.5 Å². The monoisotopic (exact) mass is 599 g/mol. The van der Waals surface area contributed by atoms with Gasteiger partial charge < -0.3 is 20.3 Å². The van der Waals surface area contributed by atoms with Crippen LogP contribution in [0.25, 0.3) is 0 Å². The highest BCUT2D eigenvalue weighted by Gasteiger charge is 2.74. The number of carbonyl (C=O) groups is 5. The van der Waals surface area contributed by atoms with Gasteiger partial charge in [0.2, 0.25) is 17.6 Å². The van der Waals surface area contributed by atoms with Crippen LogP contribution in [0.2, 0.25) is 0 Å². The first kappa shape index (κ1) is 32.4. The number of hydrogen-bond donors (Lipinski definition) is 2. The molecule has 3 rings (SSSR count). The number of alkyl halides is 2. The summed E-state index contributed by atoms with van der Waals surface area (Å²) in [6.45, 7) is 11.0. The van der Waals surface area contributed by atoms with E-state index < -0.39 is 51.5 Å². The third-order valence-corrected chi connectivity index (χ3v) is 9.25. The SMILES string of the molecule is C=CCC[C@H](NC(=O)[C@@H]1[C@@H]2[C@H](CN1C(=O)[C@@H](C)C1CCCCC1)C2(Cl)Cl)C(=O)C(=O)NCCC(=O)OC(C)(C)C. The van der Waals surface area contributed by atoms with E-state index in [1.54, 1.807) is 31.7 Å². The molecule has 2 saturated carbocycles. The summed E-state index contributed by atoms with van der Waals surface area (Å²) in [6, 6.07) is -2.06. The molecule has 3 aliphatic rings. The number of carbonyl (C=O) groups excluding carboxylic acids is 5. The van der Waals surface area contributed by atoms with Crippen LogP contribution in [0.3, 0.4) is 0 Å². The topological polar surface area (TPSA) is 122 Å². The fourth-order valence-corrected chi connectivity index (χ4v) is 6.78. The minimum Gasteiger partial charge on any atom is -0.460 e. The molecule has 224 valence electrons. The predicted octanol–water partition coefficient (Wildman–Crippen LogP) is 3.70. The van der Waals surface area contributed by atoms with Gasteiger partial charge in [0.1, 0.15) is 16.0 Å². The Hall–Kier alpha value is -2.13. The normalized spacial score (nSPS) is 25.2. The fourth-order valence-electron chi connectivity index (χ4n) is 5.96. The number of nitrogens with one attached hydrogen (secondary N) is 2. The van der Waals surface area contributed by atoms with Crippen molar-refractivity contribution in [3.05, 3.63) is 12.7 Å². The van der Waals surface area contributed by atoms with Crippen molar-refractivity contribution in [1.29, 1.82) is 0 Å². The zero-order chi connectivity index (χ0) is 29.8. The maximum Gasteiger partial charge on any atom is 0.308 e. The first-order valence-electron chi connectivity index (χ1n) is 14.3. The second-order valence-corrected chi connectivity index (χ2v) is 13.8. The van der Waals surface area contributed by atoms with E-state index in [4.69, 9.17) is 27.9 Å². The summed E-state index contributed by atoms with van der Waals surface area (Å²) in [6.07, 6.45) is 7.34. The van der Waals surface area contributed by atoms with Crippen molar-refractivity contribution in [2.75, 3.05) is 13.1 Å². The van der Waals surface area contributed by atoms with Gasteiger partial charge in [-0.05, 0) is 52.4 Å². The third kappa shape index (κ3) is 7.78. The highest BCUT2D eigenvalue weighted by atomic mass is 35.5. The van der Waals surface area contributed by atoms with Gasteiger partial charge in [-0.15, -0.1) is 29.8 Å². The van der Waals surface area contributed by atoms with Gasteiger partial charge in [0, 0.05) is 30.8 Å².